The lowest BCUT2D eigenvalue weighted by Crippen LogP contribution is -2.08. The molecule has 3 nitrogen and oxygen atoms in total. The molecule has 0 radical (unpaired) electrons. The lowest BCUT2D eigenvalue weighted by molar-refractivity contribution is 0.602. The van der Waals surface area contributed by atoms with Gasteiger partial charge in [-0.05, 0) is 18.2 Å². The minimum Gasteiger partial charge on any atom is -0.268 e. The van der Waals surface area contributed by atoms with Gasteiger partial charge in [0.05, 0.1) is 11.9 Å². The monoisotopic (exact) mass is 190 g/mol. The van der Waals surface area contributed by atoms with E-state index in [2.05, 4.69) is 5.10 Å². The van der Waals surface area contributed by atoms with Crippen molar-refractivity contribution in [2.24, 2.45) is 0 Å². The Morgan fingerprint density at radius 2 is 1.92 bits per heavy atom. The standard InChI is InChI=1S/C9H7N2OP/c12-13-9-6-7-10-11(9)8-4-2-1-3-5-8/h1-7H. The molecule has 64 valence electrons. The summed E-state index contributed by atoms with van der Waals surface area (Å²) in [6.07, 6.45) is 1.63. The Morgan fingerprint density at radius 1 is 1.15 bits per heavy atom. The van der Waals surface area contributed by atoms with Crippen LogP contribution in [0.1, 0.15) is 0 Å². The molecular formula is C9H7N2OP. The van der Waals surface area contributed by atoms with Crippen LogP contribution < -0.4 is 5.44 Å². The van der Waals surface area contributed by atoms with E-state index < -0.39 is 0 Å². The zero-order chi connectivity index (χ0) is 9.10. The van der Waals surface area contributed by atoms with Gasteiger partial charge in [0.15, 0.2) is 0 Å². The topological polar surface area (TPSA) is 34.9 Å². The highest BCUT2D eigenvalue weighted by molar-refractivity contribution is 7.33. The Labute approximate surface area is 77.2 Å². The van der Waals surface area contributed by atoms with E-state index in [1.54, 1.807) is 16.9 Å². The number of hydrogen-bond acceptors (Lipinski definition) is 2. The van der Waals surface area contributed by atoms with Gasteiger partial charge in [0, 0.05) is 0 Å². The maximum Gasteiger partial charge on any atom is 0.212 e. The highest BCUT2D eigenvalue weighted by atomic mass is 31.1. The van der Waals surface area contributed by atoms with Gasteiger partial charge in [-0.1, -0.05) is 18.2 Å². The fourth-order valence-corrected chi connectivity index (χ4v) is 1.51. The summed E-state index contributed by atoms with van der Waals surface area (Å²) in [5.74, 6) is 0. The molecule has 4 heteroatoms. The van der Waals surface area contributed by atoms with Gasteiger partial charge < -0.3 is 0 Å². The van der Waals surface area contributed by atoms with Crippen molar-refractivity contribution in [3.8, 4) is 5.69 Å². The highest BCUT2D eigenvalue weighted by Gasteiger charge is 2.02. The molecule has 1 aromatic carbocycles. The molecule has 0 saturated heterocycles. The largest absolute Gasteiger partial charge is 0.268 e. The molecule has 0 atom stereocenters. The van der Waals surface area contributed by atoms with Crippen LogP contribution in [0.2, 0.25) is 0 Å². The Balaban J connectivity index is 2.52. The fraction of sp³-hybridized carbons (Fsp3) is 0. The van der Waals surface area contributed by atoms with Gasteiger partial charge in [0.25, 0.3) is 0 Å². The number of nitrogens with zero attached hydrogens (tertiary/aromatic N) is 2. The Hall–Kier alpha value is -1.47. The van der Waals surface area contributed by atoms with E-state index in [0.29, 0.717) is 5.44 Å². The summed E-state index contributed by atoms with van der Waals surface area (Å²) in [6.45, 7) is 0. The van der Waals surface area contributed by atoms with Gasteiger partial charge in [-0.15, -0.1) is 0 Å². The van der Waals surface area contributed by atoms with E-state index in [0.717, 1.165) is 5.69 Å². The van der Waals surface area contributed by atoms with Crippen molar-refractivity contribution in [1.29, 1.82) is 0 Å². The lowest BCUT2D eigenvalue weighted by Gasteiger charge is -2.00. The maximum atomic E-state index is 10.7. The van der Waals surface area contributed by atoms with E-state index in [9.17, 15) is 4.57 Å². The van der Waals surface area contributed by atoms with Gasteiger partial charge in [0.1, 0.15) is 5.44 Å². The quantitative estimate of drug-likeness (QED) is 0.676. The Kier molecular flexibility index (Phi) is 2.19. The van der Waals surface area contributed by atoms with Crippen molar-refractivity contribution in [3.05, 3.63) is 42.6 Å². The summed E-state index contributed by atoms with van der Waals surface area (Å²) in [4.78, 5) is 0. The minimum absolute atomic E-state index is 0.0117. The van der Waals surface area contributed by atoms with Crippen molar-refractivity contribution in [1.82, 2.24) is 9.78 Å². The molecular weight excluding hydrogens is 183 g/mol. The van der Waals surface area contributed by atoms with Gasteiger partial charge in [-0.3, -0.25) is 4.57 Å². The number of aromatic nitrogens is 2. The van der Waals surface area contributed by atoms with E-state index in [1.165, 1.54) is 0 Å². The second kappa shape index (κ2) is 3.50. The number of hydrogen-bond donors (Lipinski definition) is 0. The smallest absolute Gasteiger partial charge is 0.212 e. The summed E-state index contributed by atoms with van der Waals surface area (Å²) in [5, 5.41) is 4.07. The minimum atomic E-state index is -0.0117. The molecule has 0 aliphatic rings. The highest BCUT2D eigenvalue weighted by Crippen LogP contribution is 2.06. The molecule has 2 aromatic rings. The van der Waals surface area contributed by atoms with Crippen molar-refractivity contribution in [2.75, 3.05) is 0 Å². The average Bonchev–Trinajstić information content (AvgIpc) is 2.67. The van der Waals surface area contributed by atoms with Crippen LogP contribution in [-0.4, -0.2) is 9.78 Å². The first-order valence-corrected chi connectivity index (χ1v) is 4.66. The molecule has 0 bridgehead atoms. The third-order valence-corrected chi connectivity index (χ3v) is 2.24. The van der Waals surface area contributed by atoms with E-state index >= 15 is 0 Å². The van der Waals surface area contributed by atoms with Crippen LogP contribution in [0.5, 0.6) is 0 Å². The van der Waals surface area contributed by atoms with Crippen LogP contribution in [0.15, 0.2) is 42.6 Å². The first kappa shape index (κ1) is 8.14. The second-order valence-electron chi connectivity index (χ2n) is 2.53. The van der Waals surface area contributed by atoms with Crippen LogP contribution in [0.3, 0.4) is 0 Å². The lowest BCUT2D eigenvalue weighted by atomic mass is 10.3. The van der Waals surface area contributed by atoms with Gasteiger partial charge in [0.2, 0.25) is 8.46 Å². The van der Waals surface area contributed by atoms with Crippen molar-refractivity contribution < 1.29 is 4.57 Å². The van der Waals surface area contributed by atoms with Crippen LogP contribution in [0, 0.1) is 0 Å². The van der Waals surface area contributed by atoms with E-state index in [4.69, 9.17) is 0 Å². The summed E-state index contributed by atoms with van der Waals surface area (Å²) < 4.78 is 12.3. The van der Waals surface area contributed by atoms with E-state index in [-0.39, 0.29) is 8.46 Å². The summed E-state index contributed by atoms with van der Waals surface area (Å²) >= 11 is 0. The molecule has 0 saturated carbocycles. The third-order valence-electron chi connectivity index (χ3n) is 1.72. The van der Waals surface area contributed by atoms with Crippen molar-refractivity contribution in [2.45, 2.75) is 0 Å². The predicted octanol–water partition coefficient (Wildman–Crippen LogP) is 1.79. The number of benzene rings is 1. The predicted molar refractivity (Wildman–Crippen MR) is 50.8 cm³/mol. The molecule has 0 aliphatic carbocycles. The molecule has 0 N–H and O–H groups in total. The van der Waals surface area contributed by atoms with Gasteiger partial charge in [-0.2, -0.15) is 5.10 Å². The molecule has 0 fully saturated rings. The van der Waals surface area contributed by atoms with Crippen molar-refractivity contribution >= 4 is 13.9 Å². The number of rotatable bonds is 2. The third kappa shape index (κ3) is 1.51. The van der Waals surface area contributed by atoms with E-state index in [1.807, 2.05) is 30.3 Å². The summed E-state index contributed by atoms with van der Waals surface area (Å²) in [5.41, 5.74) is 1.58. The van der Waals surface area contributed by atoms with Crippen LogP contribution in [-0.2, 0) is 4.57 Å². The van der Waals surface area contributed by atoms with Crippen LogP contribution in [0.25, 0.3) is 5.69 Å². The molecule has 0 aliphatic heterocycles. The molecule has 1 aromatic heterocycles. The molecule has 0 unspecified atom stereocenters. The molecule has 0 amide bonds. The molecule has 1 heterocycles. The zero-order valence-corrected chi connectivity index (χ0v) is 7.69. The Bertz CT molecular complexity index is 411. The first-order valence-electron chi connectivity index (χ1n) is 3.84. The Morgan fingerprint density at radius 3 is 2.62 bits per heavy atom. The van der Waals surface area contributed by atoms with Crippen LogP contribution >= 0.6 is 8.46 Å². The molecule has 0 spiro atoms. The SMILES string of the molecule is O=Pc1ccnn1-c1ccccc1. The average molecular weight is 190 g/mol. The maximum absolute atomic E-state index is 10.7. The fourth-order valence-electron chi connectivity index (χ4n) is 1.13. The second-order valence-corrected chi connectivity index (χ2v) is 3.17. The molecule has 13 heavy (non-hydrogen) atoms. The number of para-hydroxylation sites is 1. The normalized spacial score (nSPS) is 10.5. The zero-order valence-electron chi connectivity index (χ0n) is 6.79. The summed E-state index contributed by atoms with van der Waals surface area (Å²) in [6, 6.07) is 11.3. The van der Waals surface area contributed by atoms with Crippen LogP contribution in [0.4, 0.5) is 0 Å². The molecule has 2 rings (SSSR count). The summed E-state index contributed by atoms with van der Waals surface area (Å²) in [7, 11) is -0.0117. The van der Waals surface area contributed by atoms with Gasteiger partial charge in [-0.25, -0.2) is 4.68 Å². The van der Waals surface area contributed by atoms with Crippen molar-refractivity contribution in [3.63, 3.8) is 0 Å². The first-order chi connectivity index (χ1) is 6.42. The van der Waals surface area contributed by atoms with Gasteiger partial charge >= 0.3 is 0 Å².